The minimum atomic E-state index is -0.798. The summed E-state index contributed by atoms with van der Waals surface area (Å²) >= 11 is 0. The molecule has 2 aromatic carbocycles. The van der Waals surface area contributed by atoms with Gasteiger partial charge in [0.1, 0.15) is 6.61 Å². The number of ether oxygens (including phenoxy) is 1. The third-order valence-corrected chi connectivity index (χ3v) is 7.43. The van der Waals surface area contributed by atoms with Crippen molar-refractivity contribution in [2.24, 2.45) is 11.3 Å². The highest BCUT2D eigenvalue weighted by atomic mass is 16.5. The molecule has 0 saturated heterocycles. The first-order valence-electron chi connectivity index (χ1n) is 11.5. The summed E-state index contributed by atoms with van der Waals surface area (Å²) in [6, 6.07) is 15.9. The van der Waals surface area contributed by atoms with Gasteiger partial charge >= 0.3 is 12.1 Å². The van der Waals surface area contributed by atoms with Crippen LogP contribution in [0.2, 0.25) is 0 Å². The Morgan fingerprint density at radius 2 is 1.74 bits per heavy atom. The molecule has 3 aliphatic carbocycles. The number of carbonyl (C=O) groups is 3. The van der Waals surface area contributed by atoms with Crippen LogP contribution >= 0.6 is 0 Å². The van der Waals surface area contributed by atoms with E-state index in [-0.39, 0.29) is 36.3 Å². The minimum absolute atomic E-state index is 0.0658. The lowest BCUT2D eigenvalue weighted by Crippen LogP contribution is -2.35. The van der Waals surface area contributed by atoms with E-state index in [0.29, 0.717) is 19.3 Å². The van der Waals surface area contributed by atoms with Gasteiger partial charge in [-0.05, 0) is 47.4 Å². The zero-order valence-electron chi connectivity index (χ0n) is 18.7. The second-order valence-corrected chi connectivity index (χ2v) is 9.43. The number of aromatic nitrogens is 3. The number of hydrogen-bond donors (Lipinski definition) is 4. The number of carboxylic acid groups (broad SMARTS) is 1. The van der Waals surface area contributed by atoms with Crippen molar-refractivity contribution >= 4 is 23.9 Å². The Morgan fingerprint density at radius 3 is 2.40 bits per heavy atom. The van der Waals surface area contributed by atoms with Crippen LogP contribution in [0.3, 0.4) is 0 Å². The first-order chi connectivity index (χ1) is 16.9. The van der Waals surface area contributed by atoms with Crippen molar-refractivity contribution in [2.75, 3.05) is 11.9 Å². The zero-order chi connectivity index (χ0) is 24.2. The number of aliphatic carboxylic acids is 1. The number of carboxylic acids is 1. The van der Waals surface area contributed by atoms with Crippen molar-refractivity contribution < 1.29 is 24.2 Å². The maximum atomic E-state index is 12.5. The molecule has 178 valence electrons. The number of carbonyl (C=O) groups excluding carboxylic acids is 2. The van der Waals surface area contributed by atoms with Crippen LogP contribution in [-0.4, -0.2) is 50.9 Å². The van der Waals surface area contributed by atoms with Crippen molar-refractivity contribution in [1.82, 2.24) is 20.5 Å². The summed E-state index contributed by atoms with van der Waals surface area (Å²) in [7, 11) is 0. The Bertz CT molecular complexity index is 1310. The van der Waals surface area contributed by atoms with Crippen LogP contribution in [0.1, 0.15) is 46.9 Å². The number of hydrogen-bond acceptors (Lipinski definition) is 6. The molecule has 3 aliphatic rings. The van der Waals surface area contributed by atoms with E-state index in [1.165, 1.54) is 0 Å². The van der Waals surface area contributed by atoms with E-state index in [2.05, 4.69) is 37.9 Å². The first-order valence-corrected chi connectivity index (χ1v) is 11.5. The number of amides is 2. The molecule has 0 aliphatic heterocycles. The van der Waals surface area contributed by atoms with Gasteiger partial charge in [0.25, 0.3) is 11.9 Å². The number of anilines is 1. The lowest BCUT2D eigenvalue weighted by molar-refractivity contribution is -0.143. The molecule has 0 radical (unpaired) electrons. The van der Waals surface area contributed by atoms with Gasteiger partial charge in [0.2, 0.25) is 5.82 Å². The quantitative estimate of drug-likeness (QED) is 0.430. The van der Waals surface area contributed by atoms with E-state index in [4.69, 9.17) is 4.74 Å². The van der Waals surface area contributed by atoms with Crippen LogP contribution in [0.5, 0.6) is 0 Å². The van der Waals surface area contributed by atoms with Crippen molar-refractivity contribution in [3.8, 4) is 11.1 Å². The number of benzene rings is 2. The highest BCUT2D eigenvalue weighted by Gasteiger charge is 2.65. The SMILES string of the molecule is O=C(Nc1n[nH]c(C(=O)N[C@H]2C[C@@H]3C[C@]3(C(=O)O)C2)n1)OCC1c2ccccc2-c2ccccc21. The monoisotopic (exact) mass is 473 g/mol. The molecule has 2 fully saturated rings. The van der Waals surface area contributed by atoms with Gasteiger partial charge in [-0.1, -0.05) is 48.5 Å². The third kappa shape index (κ3) is 3.61. The molecule has 10 nitrogen and oxygen atoms in total. The maximum absolute atomic E-state index is 12.5. The van der Waals surface area contributed by atoms with Crippen molar-refractivity contribution in [2.45, 2.75) is 31.2 Å². The Balaban J connectivity index is 1.05. The molecular formula is C25H23N5O5. The molecule has 1 aromatic heterocycles. The number of nitrogens with zero attached hydrogens (tertiary/aromatic N) is 2. The smallest absolute Gasteiger partial charge is 0.414 e. The van der Waals surface area contributed by atoms with E-state index in [0.717, 1.165) is 22.3 Å². The van der Waals surface area contributed by atoms with Crippen LogP contribution in [0.15, 0.2) is 48.5 Å². The number of H-pyrrole nitrogens is 1. The summed E-state index contributed by atoms with van der Waals surface area (Å²) in [4.78, 5) is 40.4. The second kappa shape index (κ2) is 7.93. The molecule has 0 bridgehead atoms. The standard InChI is InChI=1S/C25H23N5O5/c31-21(26-14-9-13-10-25(13,11-14)22(32)33)20-27-23(30-29-20)28-24(34)35-12-19-17-7-3-1-5-15(17)16-6-2-4-8-18(16)19/h1-8,13-14,19H,9-12H2,(H,26,31)(H,32,33)(H2,27,28,29,30,34)/t13-,14+,25+/m1/s1. The summed E-state index contributed by atoms with van der Waals surface area (Å²) in [6.07, 6.45) is 0.997. The molecule has 6 rings (SSSR count). The summed E-state index contributed by atoms with van der Waals surface area (Å²) in [5, 5.41) is 21.0. The van der Waals surface area contributed by atoms with Crippen LogP contribution in [0.25, 0.3) is 11.1 Å². The topological polar surface area (TPSA) is 146 Å². The number of nitrogens with one attached hydrogen (secondary N) is 3. The normalized spacial score (nSPS) is 23.7. The van der Waals surface area contributed by atoms with Crippen LogP contribution < -0.4 is 10.6 Å². The van der Waals surface area contributed by atoms with Crippen molar-refractivity contribution in [1.29, 1.82) is 0 Å². The number of rotatable bonds is 6. The lowest BCUT2D eigenvalue weighted by atomic mass is 9.98. The molecule has 3 atom stereocenters. The molecular weight excluding hydrogens is 450 g/mol. The number of fused-ring (bicyclic) bond motifs is 4. The van der Waals surface area contributed by atoms with E-state index in [9.17, 15) is 19.5 Å². The van der Waals surface area contributed by atoms with Gasteiger partial charge in [-0.25, -0.2) is 4.79 Å². The predicted molar refractivity (Wildman–Crippen MR) is 124 cm³/mol. The predicted octanol–water partition coefficient (Wildman–Crippen LogP) is 3.15. The molecule has 3 aromatic rings. The van der Waals surface area contributed by atoms with Gasteiger partial charge in [0, 0.05) is 12.0 Å². The highest BCUT2D eigenvalue weighted by Crippen LogP contribution is 2.63. The lowest BCUT2D eigenvalue weighted by Gasteiger charge is -2.14. The van der Waals surface area contributed by atoms with Gasteiger partial charge in [0.05, 0.1) is 5.41 Å². The average Bonchev–Trinajstić information content (AvgIpc) is 3.17. The highest BCUT2D eigenvalue weighted by molar-refractivity contribution is 5.92. The molecule has 2 saturated carbocycles. The number of aromatic amines is 1. The van der Waals surface area contributed by atoms with Gasteiger partial charge in [-0.3, -0.25) is 20.0 Å². The fraction of sp³-hybridized carbons (Fsp3) is 0.320. The van der Waals surface area contributed by atoms with E-state index in [1.54, 1.807) is 0 Å². The van der Waals surface area contributed by atoms with E-state index in [1.807, 2.05) is 36.4 Å². The maximum Gasteiger partial charge on any atom is 0.414 e. The average molecular weight is 473 g/mol. The van der Waals surface area contributed by atoms with Gasteiger partial charge in [0.15, 0.2) is 0 Å². The third-order valence-electron chi connectivity index (χ3n) is 7.43. The summed E-state index contributed by atoms with van der Waals surface area (Å²) in [6.45, 7) is 0.145. The summed E-state index contributed by atoms with van der Waals surface area (Å²) in [5.74, 6) is -1.40. The van der Waals surface area contributed by atoms with Crippen LogP contribution in [-0.2, 0) is 9.53 Å². The van der Waals surface area contributed by atoms with Crippen molar-refractivity contribution in [3.05, 3.63) is 65.5 Å². The fourth-order valence-electron chi connectivity index (χ4n) is 5.66. The van der Waals surface area contributed by atoms with Crippen molar-refractivity contribution in [3.63, 3.8) is 0 Å². The fourth-order valence-corrected chi connectivity index (χ4v) is 5.66. The van der Waals surface area contributed by atoms with Crippen LogP contribution in [0, 0.1) is 11.3 Å². The Labute approximate surface area is 200 Å². The Hall–Kier alpha value is -4.21. The van der Waals surface area contributed by atoms with Gasteiger partial charge in [-0.2, -0.15) is 4.98 Å². The molecule has 0 spiro atoms. The Morgan fingerprint density at radius 1 is 1.06 bits per heavy atom. The summed E-state index contributed by atoms with van der Waals surface area (Å²) < 4.78 is 5.47. The van der Waals surface area contributed by atoms with E-state index >= 15 is 0 Å². The zero-order valence-corrected chi connectivity index (χ0v) is 18.7. The van der Waals surface area contributed by atoms with Gasteiger partial charge < -0.3 is 15.2 Å². The largest absolute Gasteiger partial charge is 0.481 e. The van der Waals surface area contributed by atoms with E-state index < -0.39 is 23.4 Å². The summed E-state index contributed by atoms with van der Waals surface area (Å²) in [5.41, 5.74) is 3.79. The molecule has 35 heavy (non-hydrogen) atoms. The molecule has 10 heteroatoms. The molecule has 4 N–H and O–H groups in total. The van der Waals surface area contributed by atoms with Crippen LogP contribution in [0.4, 0.5) is 10.7 Å². The van der Waals surface area contributed by atoms with Gasteiger partial charge in [-0.15, -0.1) is 5.10 Å². The molecule has 1 heterocycles. The second-order valence-electron chi connectivity index (χ2n) is 9.43. The Kier molecular flexibility index (Phi) is 4.84. The molecule has 2 amide bonds. The minimum Gasteiger partial charge on any atom is -0.481 e. The molecule has 0 unspecified atom stereocenters. The first kappa shape index (κ1) is 21.3.